The fraction of sp³-hybridized carbons (Fsp3) is 0.667. The molecule has 6 atom stereocenters. The van der Waals surface area contributed by atoms with Crippen LogP contribution >= 0.6 is 11.8 Å². The molecule has 2 fully saturated rings. The molecule has 2 saturated heterocycles. The standard InChI is InChI=1S/C18H26N4O7S/c1-7-13-12(8(2)23)16(24)22(13)14(17(25)26)15(7)30-10-4-9(19-6-10)5-11(21-28)20-18(27)29-3/h7-10,12-13,19,23,28H,4-6H2,1-3H3,(H,25,26)(H,20,21,27)/t7-,8-,9+,10+,12+,13-/m1/s1. The van der Waals surface area contributed by atoms with Gasteiger partial charge in [0.05, 0.1) is 25.2 Å². The van der Waals surface area contributed by atoms with E-state index in [2.05, 4.69) is 20.5 Å². The van der Waals surface area contributed by atoms with Crippen molar-refractivity contribution in [1.82, 2.24) is 15.5 Å². The van der Waals surface area contributed by atoms with Crippen molar-refractivity contribution in [2.45, 2.75) is 50.1 Å². The number of methoxy groups -OCH3 is 1. The molecule has 3 heterocycles. The zero-order valence-electron chi connectivity index (χ0n) is 16.9. The number of ether oxygens (including phenoxy) is 1. The van der Waals surface area contributed by atoms with Crippen LogP contribution in [-0.4, -0.2) is 81.2 Å². The Hall–Kier alpha value is -2.31. The minimum Gasteiger partial charge on any atom is -0.477 e. The molecule has 5 N–H and O–H groups in total. The molecular weight excluding hydrogens is 416 g/mol. The van der Waals surface area contributed by atoms with Gasteiger partial charge in [-0.15, -0.1) is 11.8 Å². The normalized spacial score (nSPS) is 32.0. The number of aliphatic carboxylic acids is 1. The molecule has 12 heteroatoms. The number of alkyl carbamates (subject to hydrolysis) is 1. The largest absolute Gasteiger partial charge is 0.477 e. The zero-order valence-corrected chi connectivity index (χ0v) is 17.7. The molecule has 11 nitrogen and oxygen atoms in total. The predicted octanol–water partition coefficient (Wildman–Crippen LogP) is 0.138. The van der Waals surface area contributed by atoms with Gasteiger partial charge in [-0.2, -0.15) is 0 Å². The summed E-state index contributed by atoms with van der Waals surface area (Å²) in [5, 5.41) is 37.4. The second kappa shape index (κ2) is 8.82. The lowest BCUT2D eigenvalue weighted by molar-refractivity contribution is -0.163. The minimum atomic E-state index is -1.15. The van der Waals surface area contributed by atoms with Gasteiger partial charge in [-0.1, -0.05) is 12.1 Å². The van der Waals surface area contributed by atoms with Gasteiger partial charge in [-0.05, 0) is 13.3 Å². The van der Waals surface area contributed by atoms with Gasteiger partial charge in [0.25, 0.3) is 0 Å². The number of amidine groups is 1. The number of amides is 2. The van der Waals surface area contributed by atoms with E-state index in [1.165, 1.54) is 23.8 Å². The number of β-lactam (4-membered cyclic amide) rings is 1. The van der Waals surface area contributed by atoms with Gasteiger partial charge in [0.1, 0.15) is 5.70 Å². The van der Waals surface area contributed by atoms with Crippen molar-refractivity contribution in [3.8, 4) is 0 Å². The highest BCUT2D eigenvalue weighted by Gasteiger charge is 2.60. The summed E-state index contributed by atoms with van der Waals surface area (Å²) in [5.74, 6) is -2.21. The molecular formula is C18H26N4O7S. The summed E-state index contributed by atoms with van der Waals surface area (Å²) in [4.78, 5) is 37.5. The van der Waals surface area contributed by atoms with Crippen molar-refractivity contribution in [3.05, 3.63) is 10.6 Å². The van der Waals surface area contributed by atoms with Crippen molar-refractivity contribution >= 4 is 35.6 Å². The molecule has 0 aliphatic carbocycles. The Morgan fingerprint density at radius 1 is 1.47 bits per heavy atom. The van der Waals surface area contributed by atoms with E-state index >= 15 is 0 Å². The van der Waals surface area contributed by atoms with Crippen molar-refractivity contribution in [2.24, 2.45) is 17.0 Å². The van der Waals surface area contributed by atoms with E-state index < -0.39 is 24.1 Å². The fourth-order valence-corrected chi connectivity index (χ4v) is 5.92. The fourth-order valence-electron chi connectivity index (χ4n) is 4.40. The number of hydrogen-bond donors (Lipinski definition) is 5. The first kappa shape index (κ1) is 22.4. The minimum absolute atomic E-state index is 0.00724. The third-order valence-corrected chi connectivity index (χ3v) is 7.29. The van der Waals surface area contributed by atoms with Crippen LogP contribution in [0, 0.1) is 11.8 Å². The number of aliphatic hydroxyl groups is 1. The van der Waals surface area contributed by atoms with Gasteiger partial charge in [0, 0.05) is 35.1 Å². The third kappa shape index (κ3) is 3.98. The second-order valence-electron chi connectivity index (χ2n) is 7.72. The Bertz CT molecular complexity index is 799. The number of fused-ring (bicyclic) bond motifs is 1. The summed E-state index contributed by atoms with van der Waals surface area (Å²) >= 11 is 1.43. The average molecular weight is 442 g/mol. The van der Waals surface area contributed by atoms with Gasteiger partial charge < -0.3 is 30.4 Å². The molecule has 0 aromatic carbocycles. The van der Waals surface area contributed by atoms with E-state index in [4.69, 9.17) is 5.21 Å². The van der Waals surface area contributed by atoms with Crippen LogP contribution in [0.3, 0.4) is 0 Å². The second-order valence-corrected chi connectivity index (χ2v) is 9.06. The van der Waals surface area contributed by atoms with Crippen molar-refractivity contribution in [2.75, 3.05) is 13.7 Å². The summed E-state index contributed by atoms with van der Waals surface area (Å²) in [7, 11) is 1.21. The molecule has 3 rings (SSSR count). The lowest BCUT2D eigenvalue weighted by Gasteiger charge is -2.46. The van der Waals surface area contributed by atoms with Gasteiger partial charge in [0.2, 0.25) is 5.91 Å². The number of carbonyl (C=O) groups excluding carboxylic acids is 2. The Morgan fingerprint density at radius 2 is 2.17 bits per heavy atom. The molecule has 0 saturated carbocycles. The molecule has 0 bridgehead atoms. The van der Waals surface area contributed by atoms with E-state index in [-0.39, 0.29) is 47.1 Å². The van der Waals surface area contributed by atoms with Crippen LogP contribution in [0.15, 0.2) is 15.8 Å². The monoisotopic (exact) mass is 442 g/mol. The number of nitrogens with zero attached hydrogens (tertiary/aromatic N) is 2. The van der Waals surface area contributed by atoms with E-state index in [0.29, 0.717) is 17.9 Å². The lowest BCUT2D eigenvalue weighted by Crippen LogP contribution is -2.63. The summed E-state index contributed by atoms with van der Waals surface area (Å²) in [6, 6.07) is -0.423. The van der Waals surface area contributed by atoms with E-state index in [1.54, 1.807) is 6.92 Å². The first-order valence-electron chi connectivity index (χ1n) is 9.64. The van der Waals surface area contributed by atoms with E-state index in [0.717, 1.165) is 0 Å². The molecule has 0 spiro atoms. The molecule has 0 aromatic rings. The number of carbonyl (C=O) groups is 3. The van der Waals surface area contributed by atoms with Crippen molar-refractivity contribution < 1.29 is 34.5 Å². The highest BCUT2D eigenvalue weighted by molar-refractivity contribution is 8.03. The highest BCUT2D eigenvalue weighted by Crippen LogP contribution is 2.51. The molecule has 0 unspecified atom stereocenters. The quantitative estimate of drug-likeness (QED) is 0.127. The highest BCUT2D eigenvalue weighted by atomic mass is 32.2. The lowest BCUT2D eigenvalue weighted by atomic mass is 9.79. The Kier molecular flexibility index (Phi) is 6.58. The van der Waals surface area contributed by atoms with Gasteiger partial charge >= 0.3 is 12.1 Å². The SMILES string of the molecule is COC(=O)N/C(C[C@@H]1C[C@H](SC2=C(C(=O)O)N3C(=O)[C@@H]([C@@H](C)O)[C@H]3[C@H]2C)CN1)=N\O. The number of carboxylic acids is 1. The zero-order chi connectivity index (χ0) is 22.2. The molecule has 30 heavy (non-hydrogen) atoms. The molecule has 2 amide bonds. The smallest absolute Gasteiger partial charge is 0.412 e. The van der Waals surface area contributed by atoms with Gasteiger partial charge in [0.15, 0.2) is 5.84 Å². The summed E-state index contributed by atoms with van der Waals surface area (Å²) in [6.45, 7) is 4.02. The molecule has 3 aliphatic rings. The number of hydrogen-bond acceptors (Lipinski definition) is 9. The maximum atomic E-state index is 12.4. The van der Waals surface area contributed by atoms with Gasteiger partial charge in [-0.3, -0.25) is 10.1 Å². The van der Waals surface area contributed by atoms with Crippen LogP contribution in [0.2, 0.25) is 0 Å². The van der Waals surface area contributed by atoms with Crippen molar-refractivity contribution in [1.29, 1.82) is 0 Å². The number of thioether (sulfide) groups is 1. The van der Waals surface area contributed by atoms with Crippen LogP contribution in [0.1, 0.15) is 26.7 Å². The maximum Gasteiger partial charge on any atom is 0.412 e. The van der Waals surface area contributed by atoms with Crippen LogP contribution in [-0.2, 0) is 14.3 Å². The number of carboxylic acid groups (broad SMARTS) is 1. The van der Waals surface area contributed by atoms with Crippen LogP contribution in [0.25, 0.3) is 0 Å². The summed E-state index contributed by atoms with van der Waals surface area (Å²) < 4.78 is 4.48. The number of rotatable bonds is 6. The van der Waals surface area contributed by atoms with Crippen LogP contribution in [0.5, 0.6) is 0 Å². The average Bonchev–Trinajstić information content (AvgIpc) is 3.22. The maximum absolute atomic E-state index is 12.4. The summed E-state index contributed by atoms with van der Waals surface area (Å²) in [6.07, 6.45) is -0.657. The van der Waals surface area contributed by atoms with Crippen LogP contribution < -0.4 is 10.6 Å². The van der Waals surface area contributed by atoms with Gasteiger partial charge in [-0.25, -0.2) is 9.59 Å². The molecule has 0 radical (unpaired) electrons. The van der Waals surface area contributed by atoms with Crippen LogP contribution in [0.4, 0.5) is 4.79 Å². The first-order valence-corrected chi connectivity index (χ1v) is 10.5. The topological polar surface area (TPSA) is 161 Å². The Balaban J connectivity index is 1.67. The first-order chi connectivity index (χ1) is 14.2. The predicted molar refractivity (Wildman–Crippen MR) is 107 cm³/mol. The van der Waals surface area contributed by atoms with E-state index in [1.807, 2.05) is 6.92 Å². The number of oxime groups is 1. The molecule has 166 valence electrons. The van der Waals surface area contributed by atoms with Crippen molar-refractivity contribution in [3.63, 3.8) is 0 Å². The summed E-state index contributed by atoms with van der Waals surface area (Å²) in [5.41, 5.74) is 0.00724. The Labute approximate surface area is 177 Å². The number of aliphatic hydroxyl groups excluding tert-OH is 1. The Morgan fingerprint density at radius 3 is 2.73 bits per heavy atom. The third-order valence-electron chi connectivity index (χ3n) is 5.78. The van der Waals surface area contributed by atoms with E-state index in [9.17, 15) is 24.6 Å². The molecule has 3 aliphatic heterocycles. The number of nitrogens with one attached hydrogen (secondary N) is 2. The molecule has 0 aromatic heterocycles.